The number of aromatic nitrogens is 2. The lowest BCUT2D eigenvalue weighted by atomic mass is 10.0. The van der Waals surface area contributed by atoms with Gasteiger partial charge in [-0.1, -0.05) is 5.16 Å². The lowest BCUT2D eigenvalue weighted by molar-refractivity contribution is 0.113. The van der Waals surface area contributed by atoms with Crippen LogP contribution in [0.5, 0.6) is 0 Å². The summed E-state index contributed by atoms with van der Waals surface area (Å²) in [4.78, 5) is 20.2. The number of piperidine rings is 1. The second-order valence-electron chi connectivity index (χ2n) is 5.19. The predicted molar refractivity (Wildman–Crippen MR) is 67.4 cm³/mol. The van der Waals surface area contributed by atoms with Crippen LogP contribution >= 0.6 is 0 Å². The number of hydrogen-bond donors (Lipinski definition) is 1. The van der Waals surface area contributed by atoms with Crippen LogP contribution in [0.15, 0.2) is 4.52 Å². The Morgan fingerprint density at radius 3 is 3.05 bits per heavy atom. The summed E-state index contributed by atoms with van der Waals surface area (Å²) in [6.45, 7) is 5.98. The van der Waals surface area contributed by atoms with Crippen LogP contribution in [-0.4, -0.2) is 58.2 Å². The molecule has 0 aliphatic carbocycles. The SMILES string of the molecule is Cc1noc(CN2CCC[C@@H](N3CCNC3=O)C2)n1. The van der Waals surface area contributed by atoms with Gasteiger partial charge < -0.3 is 14.7 Å². The van der Waals surface area contributed by atoms with Crippen LogP contribution in [0.4, 0.5) is 4.79 Å². The van der Waals surface area contributed by atoms with Crippen LogP contribution in [0, 0.1) is 6.92 Å². The van der Waals surface area contributed by atoms with Gasteiger partial charge in [0.05, 0.1) is 6.54 Å². The van der Waals surface area contributed by atoms with E-state index in [0.29, 0.717) is 24.3 Å². The Kier molecular flexibility index (Phi) is 3.37. The molecule has 2 aliphatic heterocycles. The summed E-state index contributed by atoms with van der Waals surface area (Å²) in [6.07, 6.45) is 2.17. The van der Waals surface area contributed by atoms with Crippen molar-refractivity contribution in [2.24, 2.45) is 0 Å². The van der Waals surface area contributed by atoms with Gasteiger partial charge in [-0.25, -0.2) is 4.79 Å². The monoisotopic (exact) mass is 265 g/mol. The molecule has 19 heavy (non-hydrogen) atoms. The Bertz CT molecular complexity index is 461. The largest absolute Gasteiger partial charge is 0.338 e. The van der Waals surface area contributed by atoms with E-state index in [9.17, 15) is 4.79 Å². The van der Waals surface area contributed by atoms with E-state index in [2.05, 4.69) is 20.4 Å². The maximum atomic E-state index is 11.7. The Morgan fingerprint density at radius 1 is 1.47 bits per heavy atom. The summed E-state index contributed by atoms with van der Waals surface area (Å²) < 4.78 is 5.15. The number of nitrogens with one attached hydrogen (secondary N) is 1. The van der Waals surface area contributed by atoms with E-state index in [0.717, 1.165) is 39.0 Å². The maximum Gasteiger partial charge on any atom is 0.317 e. The van der Waals surface area contributed by atoms with Gasteiger partial charge >= 0.3 is 6.03 Å². The highest BCUT2D eigenvalue weighted by Gasteiger charge is 2.31. The number of carbonyl (C=O) groups excluding carboxylic acids is 1. The van der Waals surface area contributed by atoms with Gasteiger partial charge in [-0.3, -0.25) is 4.90 Å². The summed E-state index contributed by atoms with van der Waals surface area (Å²) in [5.74, 6) is 1.33. The zero-order valence-electron chi connectivity index (χ0n) is 11.1. The van der Waals surface area contributed by atoms with Crippen molar-refractivity contribution in [2.45, 2.75) is 32.4 Å². The molecule has 1 atom stereocenters. The van der Waals surface area contributed by atoms with Crippen molar-refractivity contribution in [2.75, 3.05) is 26.2 Å². The fraction of sp³-hybridized carbons (Fsp3) is 0.750. The highest BCUT2D eigenvalue weighted by molar-refractivity contribution is 5.76. The number of urea groups is 1. The average Bonchev–Trinajstić information content (AvgIpc) is 2.99. The number of aryl methyl sites for hydroxylation is 1. The number of likely N-dealkylation sites (tertiary alicyclic amines) is 1. The number of amides is 2. The minimum absolute atomic E-state index is 0.0699. The standard InChI is InChI=1S/C12H19N5O2/c1-9-14-11(19-15-9)8-16-5-2-3-10(7-16)17-6-4-13-12(17)18/h10H,2-8H2,1H3,(H,13,18)/t10-/m1/s1. The molecule has 104 valence electrons. The Labute approximate surface area is 111 Å². The fourth-order valence-electron chi connectivity index (χ4n) is 2.86. The smallest absolute Gasteiger partial charge is 0.317 e. The van der Waals surface area contributed by atoms with E-state index in [-0.39, 0.29) is 6.03 Å². The van der Waals surface area contributed by atoms with Gasteiger partial charge in [-0.05, 0) is 26.3 Å². The molecule has 2 saturated heterocycles. The molecule has 7 heteroatoms. The van der Waals surface area contributed by atoms with Crippen LogP contribution in [0.3, 0.4) is 0 Å². The highest BCUT2D eigenvalue weighted by atomic mass is 16.5. The third-order valence-electron chi connectivity index (χ3n) is 3.74. The molecule has 2 aliphatic rings. The molecule has 2 fully saturated rings. The molecule has 1 aromatic rings. The van der Waals surface area contributed by atoms with Crippen molar-refractivity contribution in [3.8, 4) is 0 Å². The van der Waals surface area contributed by atoms with Crippen molar-refractivity contribution < 1.29 is 9.32 Å². The third kappa shape index (κ3) is 2.70. The zero-order chi connectivity index (χ0) is 13.2. The van der Waals surface area contributed by atoms with Crippen LogP contribution in [0.1, 0.15) is 24.6 Å². The van der Waals surface area contributed by atoms with Crippen molar-refractivity contribution in [1.82, 2.24) is 25.3 Å². The van der Waals surface area contributed by atoms with Gasteiger partial charge in [0.25, 0.3) is 0 Å². The summed E-state index contributed by atoms with van der Waals surface area (Å²) >= 11 is 0. The van der Waals surface area contributed by atoms with Gasteiger partial charge in [-0.2, -0.15) is 4.98 Å². The van der Waals surface area contributed by atoms with Crippen LogP contribution in [-0.2, 0) is 6.54 Å². The van der Waals surface area contributed by atoms with E-state index in [1.807, 2.05) is 11.8 Å². The molecule has 1 aromatic heterocycles. The van der Waals surface area contributed by atoms with E-state index < -0.39 is 0 Å². The van der Waals surface area contributed by atoms with Crippen molar-refractivity contribution in [1.29, 1.82) is 0 Å². The Morgan fingerprint density at radius 2 is 2.37 bits per heavy atom. The molecular weight excluding hydrogens is 246 g/mol. The van der Waals surface area contributed by atoms with Gasteiger partial charge in [0.1, 0.15) is 0 Å². The lowest BCUT2D eigenvalue weighted by Crippen LogP contribution is -2.48. The van der Waals surface area contributed by atoms with Crippen LogP contribution < -0.4 is 5.32 Å². The molecule has 3 heterocycles. The van der Waals surface area contributed by atoms with Gasteiger partial charge in [0.2, 0.25) is 5.89 Å². The average molecular weight is 265 g/mol. The lowest BCUT2D eigenvalue weighted by Gasteiger charge is -2.36. The summed E-state index contributed by atoms with van der Waals surface area (Å²) in [5, 5.41) is 6.67. The Balaban J connectivity index is 1.60. The van der Waals surface area contributed by atoms with Crippen LogP contribution in [0.25, 0.3) is 0 Å². The molecule has 0 radical (unpaired) electrons. The molecule has 0 unspecified atom stereocenters. The van der Waals surface area contributed by atoms with E-state index >= 15 is 0 Å². The second kappa shape index (κ2) is 5.16. The number of hydrogen-bond acceptors (Lipinski definition) is 5. The molecule has 2 amide bonds. The van der Waals surface area contributed by atoms with E-state index in [1.54, 1.807) is 0 Å². The van der Waals surface area contributed by atoms with E-state index in [4.69, 9.17) is 4.52 Å². The molecule has 0 spiro atoms. The first-order valence-electron chi connectivity index (χ1n) is 6.78. The summed E-state index contributed by atoms with van der Waals surface area (Å²) in [5.41, 5.74) is 0. The van der Waals surface area contributed by atoms with Gasteiger partial charge in [0.15, 0.2) is 5.82 Å². The van der Waals surface area contributed by atoms with Gasteiger partial charge in [0, 0.05) is 25.7 Å². The van der Waals surface area contributed by atoms with Crippen LogP contribution in [0.2, 0.25) is 0 Å². The minimum atomic E-state index is 0.0699. The number of rotatable bonds is 3. The minimum Gasteiger partial charge on any atom is -0.338 e. The third-order valence-corrected chi connectivity index (χ3v) is 3.74. The number of carbonyl (C=O) groups is 1. The predicted octanol–water partition coefficient (Wildman–Crippen LogP) is 0.368. The van der Waals surface area contributed by atoms with Gasteiger partial charge in [-0.15, -0.1) is 0 Å². The Hall–Kier alpha value is -1.63. The van der Waals surface area contributed by atoms with Crippen molar-refractivity contribution in [3.05, 3.63) is 11.7 Å². The summed E-state index contributed by atoms with van der Waals surface area (Å²) in [7, 11) is 0. The second-order valence-corrected chi connectivity index (χ2v) is 5.19. The first-order chi connectivity index (χ1) is 9.22. The molecule has 0 saturated carbocycles. The highest BCUT2D eigenvalue weighted by Crippen LogP contribution is 2.19. The van der Waals surface area contributed by atoms with Crippen molar-refractivity contribution >= 4 is 6.03 Å². The zero-order valence-corrected chi connectivity index (χ0v) is 11.1. The first-order valence-corrected chi connectivity index (χ1v) is 6.78. The first kappa shape index (κ1) is 12.4. The molecule has 3 rings (SSSR count). The maximum absolute atomic E-state index is 11.7. The molecular formula is C12H19N5O2. The van der Waals surface area contributed by atoms with Crippen molar-refractivity contribution in [3.63, 3.8) is 0 Å². The summed E-state index contributed by atoms with van der Waals surface area (Å²) in [6, 6.07) is 0.376. The molecule has 0 bridgehead atoms. The van der Waals surface area contributed by atoms with E-state index in [1.165, 1.54) is 0 Å². The topological polar surface area (TPSA) is 74.5 Å². The normalized spacial score (nSPS) is 24.8. The fourth-order valence-corrected chi connectivity index (χ4v) is 2.86. The molecule has 0 aromatic carbocycles. The molecule has 7 nitrogen and oxygen atoms in total. The quantitative estimate of drug-likeness (QED) is 0.854. The number of nitrogens with zero attached hydrogens (tertiary/aromatic N) is 4. The molecule has 1 N–H and O–H groups in total.